The Hall–Kier alpha value is -0.880. The number of nitrogens with zero attached hydrogens (tertiary/aromatic N) is 2. The molecular formula is C12H20N2O3S. The van der Waals surface area contributed by atoms with Crippen molar-refractivity contribution in [1.29, 1.82) is 0 Å². The normalized spacial score (nSPS) is 18.1. The van der Waals surface area contributed by atoms with E-state index in [1.807, 2.05) is 17.8 Å². The third-order valence-electron chi connectivity index (χ3n) is 3.40. The van der Waals surface area contributed by atoms with Gasteiger partial charge in [-0.2, -0.15) is 13.5 Å². The third kappa shape index (κ3) is 3.55. The summed E-state index contributed by atoms with van der Waals surface area (Å²) in [7, 11) is -3.39. The molecule has 1 fully saturated rings. The standard InChI is InChI=1S/C12H20N2O3S/c1-10-11(9-17-18(2,15)16)8-14(13-10)12-6-4-3-5-7-12/h8,12H,3-7,9H2,1-2H3. The van der Waals surface area contributed by atoms with Gasteiger partial charge >= 0.3 is 0 Å². The minimum absolute atomic E-state index is 0.0807. The highest BCUT2D eigenvalue weighted by Crippen LogP contribution is 2.28. The van der Waals surface area contributed by atoms with Gasteiger partial charge in [0.05, 0.1) is 24.6 Å². The van der Waals surface area contributed by atoms with Crippen LogP contribution < -0.4 is 0 Å². The van der Waals surface area contributed by atoms with E-state index in [9.17, 15) is 8.42 Å². The first kappa shape index (κ1) is 13.5. The lowest BCUT2D eigenvalue weighted by atomic mass is 9.96. The second kappa shape index (κ2) is 5.40. The zero-order chi connectivity index (χ0) is 13.2. The van der Waals surface area contributed by atoms with Crippen LogP contribution >= 0.6 is 0 Å². The van der Waals surface area contributed by atoms with E-state index in [-0.39, 0.29) is 6.61 Å². The molecule has 6 heteroatoms. The summed E-state index contributed by atoms with van der Waals surface area (Å²) in [6.45, 7) is 1.97. The molecule has 0 bridgehead atoms. The lowest BCUT2D eigenvalue weighted by molar-refractivity contribution is 0.309. The summed E-state index contributed by atoms with van der Waals surface area (Å²) in [5, 5.41) is 4.48. The molecule has 0 aliphatic heterocycles. The first-order valence-electron chi connectivity index (χ1n) is 6.35. The Morgan fingerprint density at radius 3 is 2.67 bits per heavy atom. The third-order valence-corrected chi connectivity index (χ3v) is 3.94. The van der Waals surface area contributed by atoms with Crippen molar-refractivity contribution in [3.63, 3.8) is 0 Å². The maximum Gasteiger partial charge on any atom is 0.264 e. The zero-order valence-electron chi connectivity index (χ0n) is 10.9. The fraction of sp³-hybridized carbons (Fsp3) is 0.750. The van der Waals surface area contributed by atoms with Crippen molar-refractivity contribution in [3.8, 4) is 0 Å². The van der Waals surface area contributed by atoms with Crippen LogP contribution in [0, 0.1) is 6.92 Å². The van der Waals surface area contributed by atoms with Gasteiger partial charge in [0, 0.05) is 11.8 Å². The molecule has 1 saturated carbocycles. The maximum atomic E-state index is 11.0. The number of hydrogen-bond donors (Lipinski definition) is 0. The molecule has 0 unspecified atom stereocenters. The highest BCUT2D eigenvalue weighted by atomic mass is 32.2. The SMILES string of the molecule is Cc1nn(C2CCCCC2)cc1COS(C)(=O)=O. The van der Waals surface area contributed by atoms with E-state index in [0.29, 0.717) is 6.04 Å². The van der Waals surface area contributed by atoms with Crippen molar-refractivity contribution in [1.82, 2.24) is 9.78 Å². The van der Waals surface area contributed by atoms with Gasteiger partial charge in [0.1, 0.15) is 0 Å². The van der Waals surface area contributed by atoms with Crippen molar-refractivity contribution in [3.05, 3.63) is 17.5 Å². The maximum absolute atomic E-state index is 11.0. The minimum Gasteiger partial charge on any atom is -0.269 e. The molecule has 2 rings (SSSR count). The topological polar surface area (TPSA) is 61.2 Å². The Balaban J connectivity index is 2.06. The predicted octanol–water partition coefficient (Wildman–Crippen LogP) is 2.17. The van der Waals surface area contributed by atoms with Crippen molar-refractivity contribution in [2.45, 2.75) is 51.7 Å². The summed E-state index contributed by atoms with van der Waals surface area (Å²) in [5.41, 5.74) is 1.70. The number of rotatable bonds is 4. The van der Waals surface area contributed by atoms with Gasteiger partial charge in [0.2, 0.25) is 0 Å². The highest BCUT2D eigenvalue weighted by molar-refractivity contribution is 7.85. The Morgan fingerprint density at radius 1 is 1.39 bits per heavy atom. The van der Waals surface area contributed by atoms with Crippen molar-refractivity contribution >= 4 is 10.1 Å². The van der Waals surface area contributed by atoms with E-state index in [1.165, 1.54) is 19.3 Å². The molecule has 0 aromatic carbocycles. The summed E-state index contributed by atoms with van der Waals surface area (Å²) in [4.78, 5) is 0. The first-order chi connectivity index (χ1) is 8.46. The predicted molar refractivity (Wildman–Crippen MR) is 68.7 cm³/mol. The van der Waals surface area contributed by atoms with Gasteiger partial charge in [-0.1, -0.05) is 19.3 Å². The van der Waals surface area contributed by atoms with E-state index < -0.39 is 10.1 Å². The summed E-state index contributed by atoms with van der Waals surface area (Å²) < 4.78 is 28.7. The van der Waals surface area contributed by atoms with Crippen LogP contribution in [0.2, 0.25) is 0 Å². The van der Waals surface area contributed by atoms with Crippen LogP contribution in [0.5, 0.6) is 0 Å². The summed E-state index contributed by atoms with van der Waals surface area (Å²) >= 11 is 0. The van der Waals surface area contributed by atoms with Crippen LogP contribution in [-0.4, -0.2) is 24.5 Å². The van der Waals surface area contributed by atoms with Crippen molar-refractivity contribution < 1.29 is 12.6 Å². The lowest BCUT2D eigenvalue weighted by Crippen LogP contribution is -2.13. The molecule has 1 aliphatic rings. The largest absolute Gasteiger partial charge is 0.269 e. The molecule has 1 heterocycles. The number of aryl methyl sites for hydroxylation is 1. The second-order valence-corrected chi connectivity index (χ2v) is 6.62. The number of aromatic nitrogens is 2. The van der Waals surface area contributed by atoms with Gasteiger partial charge in [0.25, 0.3) is 10.1 Å². The Bertz CT molecular complexity index is 501. The first-order valence-corrected chi connectivity index (χ1v) is 8.16. The molecule has 0 spiro atoms. The molecule has 1 aromatic rings. The zero-order valence-corrected chi connectivity index (χ0v) is 11.7. The van der Waals surface area contributed by atoms with Crippen LogP contribution in [0.4, 0.5) is 0 Å². The fourth-order valence-corrected chi connectivity index (χ4v) is 2.71. The second-order valence-electron chi connectivity index (χ2n) is 4.98. The Labute approximate surface area is 108 Å². The minimum atomic E-state index is -3.39. The molecule has 0 radical (unpaired) electrons. The fourth-order valence-electron chi connectivity index (χ4n) is 2.36. The van der Waals surface area contributed by atoms with Crippen LogP contribution in [0.15, 0.2) is 6.20 Å². The monoisotopic (exact) mass is 272 g/mol. The van der Waals surface area contributed by atoms with Gasteiger partial charge in [-0.3, -0.25) is 8.86 Å². The van der Waals surface area contributed by atoms with E-state index >= 15 is 0 Å². The smallest absolute Gasteiger partial charge is 0.264 e. The molecule has 0 amide bonds. The molecule has 1 aromatic heterocycles. The van der Waals surface area contributed by atoms with E-state index in [0.717, 1.165) is 30.4 Å². The van der Waals surface area contributed by atoms with Gasteiger partial charge in [-0.05, 0) is 19.8 Å². The Morgan fingerprint density at radius 2 is 2.06 bits per heavy atom. The van der Waals surface area contributed by atoms with Gasteiger partial charge < -0.3 is 0 Å². The average molecular weight is 272 g/mol. The van der Waals surface area contributed by atoms with E-state index in [1.54, 1.807) is 0 Å². The van der Waals surface area contributed by atoms with Crippen LogP contribution in [0.3, 0.4) is 0 Å². The van der Waals surface area contributed by atoms with E-state index in [2.05, 4.69) is 5.10 Å². The summed E-state index contributed by atoms with van der Waals surface area (Å²) in [6, 6.07) is 0.462. The molecule has 102 valence electrons. The van der Waals surface area contributed by atoms with E-state index in [4.69, 9.17) is 4.18 Å². The van der Waals surface area contributed by atoms with Crippen molar-refractivity contribution in [2.75, 3.05) is 6.26 Å². The molecule has 0 atom stereocenters. The molecule has 1 aliphatic carbocycles. The summed E-state index contributed by atoms with van der Waals surface area (Å²) in [5.74, 6) is 0. The number of hydrogen-bond acceptors (Lipinski definition) is 4. The molecule has 18 heavy (non-hydrogen) atoms. The quantitative estimate of drug-likeness (QED) is 0.788. The van der Waals surface area contributed by atoms with Gasteiger partial charge in [0.15, 0.2) is 0 Å². The highest BCUT2D eigenvalue weighted by Gasteiger charge is 2.18. The Kier molecular flexibility index (Phi) is 4.07. The summed E-state index contributed by atoms with van der Waals surface area (Å²) in [6.07, 6.45) is 9.11. The van der Waals surface area contributed by atoms with Gasteiger partial charge in [-0.25, -0.2) is 0 Å². The molecule has 0 saturated heterocycles. The molecule has 5 nitrogen and oxygen atoms in total. The molecule has 0 N–H and O–H groups in total. The average Bonchev–Trinajstić information content (AvgIpc) is 2.68. The van der Waals surface area contributed by atoms with Crippen LogP contribution in [0.1, 0.15) is 49.4 Å². The van der Waals surface area contributed by atoms with Crippen LogP contribution in [-0.2, 0) is 20.9 Å². The van der Waals surface area contributed by atoms with Gasteiger partial charge in [-0.15, -0.1) is 0 Å². The van der Waals surface area contributed by atoms with Crippen molar-refractivity contribution in [2.24, 2.45) is 0 Å². The molecular weight excluding hydrogens is 252 g/mol. The lowest BCUT2D eigenvalue weighted by Gasteiger charge is -2.21. The van der Waals surface area contributed by atoms with Crippen LogP contribution in [0.25, 0.3) is 0 Å².